The smallest absolute Gasteiger partial charge is 0.159 e. The number of benzene rings is 9. The van der Waals surface area contributed by atoms with Gasteiger partial charge >= 0.3 is 0 Å². The van der Waals surface area contributed by atoms with Gasteiger partial charge in [-0.25, -0.2) is 9.98 Å². The average Bonchev–Trinajstić information content (AvgIpc) is 4.02. The van der Waals surface area contributed by atoms with E-state index in [0.717, 1.165) is 66.9 Å². The Kier molecular flexibility index (Phi) is 8.09. The Balaban J connectivity index is 0.995. The zero-order valence-corrected chi connectivity index (χ0v) is 34.9. The van der Waals surface area contributed by atoms with Crippen molar-refractivity contribution in [2.45, 2.75) is 6.17 Å². The van der Waals surface area contributed by atoms with E-state index in [4.69, 9.17) is 14.4 Å². The van der Waals surface area contributed by atoms with Crippen molar-refractivity contribution in [3.63, 3.8) is 0 Å². The van der Waals surface area contributed by atoms with E-state index in [1.165, 1.54) is 43.7 Å². The van der Waals surface area contributed by atoms with Crippen LogP contribution in [0.15, 0.2) is 227 Å². The van der Waals surface area contributed by atoms with Gasteiger partial charge in [0.05, 0.1) is 22.1 Å². The maximum Gasteiger partial charge on any atom is 0.159 e. The number of hydrogen-bond donors (Lipinski definition) is 0. The first-order valence-corrected chi connectivity index (χ1v) is 21.7. The predicted molar refractivity (Wildman–Crippen MR) is 264 cm³/mol. The molecule has 0 spiro atoms. The van der Waals surface area contributed by atoms with Crippen molar-refractivity contribution in [2.75, 3.05) is 7.05 Å². The lowest BCUT2D eigenvalue weighted by Crippen LogP contribution is -2.35. The van der Waals surface area contributed by atoms with Gasteiger partial charge in [-0.3, -0.25) is 0 Å². The molecule has 13 rings (SSSR count). The minimum atomic E-state index is -0.368. The van der Waals surface area contributed by atoms with Crippen molar-refractivity contribution in [2.24, 2.45) is 9.98 Å². The van der Waals surface area contributed by atoms with Crippen molar-refractivity contribution in [1.82, 2.24) is 14.0 Å². The van der Waals surface area contributed by atoms with Crippen LogP contribution in [-0.4, -0.2) is 32.8 Å². The Hall–Kier alpha value is -8.48. The third-order valence-electron chi connectivity index (χ3n) is 12.9. The first-order valence-electron chi connectivity index (χ1n) is 21.7. The third kappa shape index (κ3) is 5.59. The van der Waals surface area contributed by atoms with Gasteiger partial charge in [0.25, 0.3) is 0 Å². The van der Waals surface area contributed by atoms with Gasteiger partial charge in [0.15, 0.2) is 12.0 Å². The molecule has 0 radical (unpaired) electrons. The minimum absolute atomic E-state index is 0.368. The molecule has 0 saturated carbocycles. The highest BCUT2D eigenvalue weighted by molar-refractivity contribution is 6.24. The van der Waals surface area contributed by atoms with E-state index in [0.29, 0.717) is 5.84 Å². The second kappa shape index (κ2) is 14.3. The monoisotopic (exact) mass is 821 g/mol. The number of amidine groups is 2. The molecule has 302 valence electrons. The van der Waals surface area contributed by atoms with E-state index in [9.17, 15) is 0 Å². The fourth-order valence-electron chi connectivity index (χ4n) is 9.98. The van der Waals surface area contributed by atoms with Crippen LogP contribution < -0.4 is 0 Å². The minimum Gasteiger partial charge on any atom is -0.456 e. The van der Waals surface area contributed by atoms with Crippen LogP contribution in [0.25, 0.3) is 88.1 Å². The molecule has 3 aromatic heterocycles. The van der Waals surface area contributed by atoms with E-state index in [-0.39, 0.29) is 6.17 Å². The van der Waals surface area contributed by atoms with Crippen molar-refractivity contribution in [3.05, 3.63) is 229 Å². The highest BCUT2D eigenvalue weighted by Crippen LogP contribution is 2.42. The number of fused-ring (bicyclic) bond motifs is 10. The van der Waals surface area contributed by atoms with Crippen molar-refractivity contribution >= 4 is 77.2 Å². The molecule has 1 aliphatic rings. The van der Waals surface area contributed by atoms with E-state index in [1.54, 1.807) is 0 Å². The molecule has 64 heavy (non-hydrogen) atoms. The normalized spacial score (nSPS) is 14.3. The fourth-order valence-corrected chi connectivity index (χ4v) is 9.98. The summed E-state index contributed by atoms with van der Waals surface area (Å²) in [5.74, 6) is 1.53. The predicted octanol–water partition coefficient (Wildman–Crippen LogP) is 14.3. The molecular weight excluding hydrogens is 783 g/mol. The summed E-state index contributed by atoms with van der Waals surface area (Å²) in [4.78, 5) is 13.0. The van der Waals surface area contributed by atoms with Crippen molar-refractivity contribution < 1.29 is 4.42 Å². The molecule has 0 aliphatic carbocycles. The summed E-state index contributed by atoms with van der Waals surface area (Å²) in [6.45, 7) is 0. The number of hydrogen-bond acceptors (Lipinski definition) is 4. The van der Waals surface area contributed by atoms with E-state index in [2.05, 4.69) is 209 Å². The summed E-state index contributed by atoms with van der Waals surface area (Å²) in [6, 6.07) is 75.4. The quantitative estimate of drug-likeness (QED) is 0.168. The molecule has 12 aromatic rings. The number of aliphatic imine (C=N–C) groups is 2. The molecule has 1 unspecified atom stereocenters. The molecule has 6 nitrogen and oxygen atoms in total. The Labute approximate surface area is 368 Å². The summed E-state index contributed by atoms with van der Waals surface area (Å²) in [5, 5.41) is 6.99. The molecule has 0 amide bonds. The van der Waals surface area contributed by atoms with Gasteiger partial charge in [0.2, 0.25) is 0 Å². The van der Waals surface area contributed by atoms with Gasteiger partial charge in [0.1, 0.15) is 17.0 Å². The Morgan fingerprint density at radius 1 is 0.406 bits per heavy atom. The van der Waals surface area contributed by atoms with Crippen molar-refractivity contribution in [1.29, 1.82) is 0 Å². The highest BCUT2D eigenvalue weighted by atomic mass is 16.3. The summed E-state index contributed by atoms with van der Waals surface area (Å²) < 4.78 is 11.3. The summed E-state index contributed by atoms with van der Waals surface area (Å²) >= 11 is 0. The van der Waals surface area contributed by atoms with Crippen LogP contribution in [0.3, 0.4) is 0 Å². The van der Waals surface area contributed by atoms with Crippen molar-refractivity contribution in [3.8, 4) is 22.5 Å². The Bertz CT molecular complexity index is 3860. The zero-order chi connectivity index (χ0) is 42.3. The molecule has 0 bridgehead atoms. The number of nitrogens with zero attached hydrogens (tertiary/aromatic N) is 5. The number of furan rings is 1. The summed E-state index contributed by atoms with van der Waals surface area (Å²) in [7, 11) is 2.11. The maximum atomic E-state index is 6.40. The number of rotatable bonds is 6. The highest BCUT2D eigenvalue weighted by Gasteiger charge is 2.28. The lowest BCUT2D eigenvalue weighted by atomic mass is 10.0. The average molecular weight is 822 g/mol. The summed E-state index contributed by atoms with van der Waals surface area (Å²) in [5.41, 5.74) is 13.9. The van der Waals surface area contributed by atoms with E-state index < -0.39 is 0 Å². The second-order valence-electron chi connectivity index (χ2n) is 16.6. The van der Waals surface area contributed by atoms with Crippen LogP contribution in [0.1, 0.15) is 22.9 Å². The topological polar surface area (TPSA) is 51.0 Å². The van der Waals surface area contributed by atoms with E-state index >= 15 is 0 Å². The van der Waals surface area contributed by atoms with Gasteiger partial charge in [-0.1, -0.05) is 146 Å². The molecule has 1 aliphatic heterocycles. The van der Waals surface area contributed by atoms with Gasteiger partial charge < -0.3 is 18.5 Å². The fraction of sp³-hybridized carbons (Fsp3) is 0.0345. The first-order chi connectivity index (χ1) is 31.7. The van der Waals surface area contributed by atoms with Crippen LogP contribution in [0.5, 0.6) is 0 Å². The molecule has 0 saturated heterocycles. The molecule has 1 atom stereocenters. The SMILES string of the molecule is CN1C(c2ccc3oc4ccc(-c5ccccc5)cc4c3c2)=NC(c2ccccc2)=NC1c1cccc(-n2c3ccccc3c3ccc4c5ccccc5n(-c5ccccc5)c4c32)c1. The molecule has 0 fully saturated rings. The first kappa shape index (κ1) is 36.2. The van der Waals surface area contributed by atoms with Gasteiger partial charge in [-0.05, 0) is 83.4 Å². The third-order valence-corrected chi connectivity index (χ3v) is 12.9. The Morgan fingerprint density at radius 2 is 0.938 bits per heavy atom. The van der Waals surface area contributed by atoms with Crippen LogP contribution >= 0.6 is 0 Å². The molecular formula is C58H39N5O. The number of aromatic nitrogens is 2. The van der Waals surface area contributed by atoms with Crippen LogP contribution in [0.2, 0.25) is 0 Å². The van der Waals surface area contributed by atoms with Crippen LogP contribution in [-0.2, 0) is 0 Å². The molecule has 6 heteroatoms. The van der Waals surface area contributed by atoms with E-state index in [1.807, 2.05) is 24.3 Å². The molecule has 4 heterocycles. The zero-order valence-electron chi connectivity index (χ0n) is 34.9. The standard InChI is InChI=1S/C58H39N5O/c1-61-57(59-56(38-18-7-3-8-19-38)60-58(61)41-29-33-53-49(36-41)48-35-39(28-32-52(48)64-53)37-16-5-2-6-17-37)40-20-15-23-43(34-40)63-51-27-14-12-25-45(51)47-31-30-46-44-24-11-13-26-50(44)62(54(46)55(47)63)42-21-9-4-10-22-42/h2-36,57H,1H3. The van der Waals surface area contributed by atoms with Crippen LogP contribution in [0.4, 0.5) is 0 Å². The largest absolute Gasteiger partial charge is 0.456 e. The second-order valence-corrected chi connectivity index (χ2v) is 16.6. The van der Waals surface area contributed by atoms with Gasteiger partial charge in [-0.15, -0.1) is 0 Å². The summed E-state index contributed by atoms with van der Waals surface area (Å²) in [6.07, 6.45) is -0.368. The maximum absolute atomic E-state index is 6.40. The van der Waals surface area contributed by atoms with Gasteiger partial charge in [0, 0.05) is 61.9 Å². The van der Waals surface area contributed by atoms with Gasteiger partial charge in [-0.2, -0.15) is 0 Å². The number of para-hydroxylation sites is 3. The molecule has 9 aromatic carbocycles. The molecule has 0 N–H and O–H groups in total. The lowest BCUT2D eigenvalue weighted by molar-refractivity contribution is 0.383. The van der Waals surface area contributed by atoms with Crippen LogP contribution in [0, 0.1) is 0 Å². The Morgan fingerprint density at radius 3 is 1.59 bits per heavy atom. The lowest BCUT2D eigenvalue weighted by Gasteiger charge is -2.32.